The Hall–Kier alpha value is -1.33. The zero-order valence-corrected chi connectivity index (χ0v) is 18.4. The summed E-state index contributed by atoms with van der Waals surface area (Å²) >= 11 is 5.14. The van der Waals surface area contributed by atoms with Gasteiger partial charge in [0.25, 0.3) is 19.7 Å². The number of sulfone groups is 2. The maximum absolute atomic E-state index is 13.9. The molecule has 0 aliphatic carbocycles. The molecule has 0 fully saturated rings. The van der Waals surface area contributed by atoms with E-state index < -0.39 is 81.8 Å². The van der Waals surface area contributed by atoms with Gasteiger partial charge in [0, 0.05) is 0 Å². The van der Waals surface area contributed by atoms with E-state index in [0.29, 0.717) is 0 Å². The summed E-state index contributed by atoms with van der Waals surface area (Å²) in [6.45, 7) is 0. The first-order valence-corrected chi connectivity index (χ1v) is 13.1. The van der Waals surface area contributed by atoms with Crippen molar-refractivity contribution in [3.8, 4) is 0 Å². The molecular formula is C10H5ClF8O10S4. The smallest absolute Gasteiger partial charge is 0.281 e. The van der Waals surface area contributed by atoms with Crippen LogP contribution >= 0.6 is 11.6 Å². The molecule has 1 aromatic carbocycles. The Morgan fingerprint density at radius 2 is 0.939 bits per heavy atom. The zero-order valence-electron chi connectivity index (χ0n) is 14.4. The van der Waals surface area contributed by atoms with Crippen molar-refractivity contribution in [1.29, 1.82) is 0 Å². The molecule has 33 heavy (non-hydrogen) atoms. The van der Waals surface area contributed by atoms with Gasteiger partial charge >= 0.3 is 41.3 Å². The minimum atomic E-state index is -7.22. The third kappa shape index (κ3) is 4.18. The van der Waals surface area contributed by atoms with E-state index in [0.717, 1.165) is 0 Å². The second-order valence-corrected chi connectivity index (χ2v) is 12.9. The van der Waals surface area contributed by atoms with E-state index in [-0.39, 0.29) is 12.1 Å². The van der Waals surface area contributed by atoms with Crippen molar-refractivity contribution in [3.63, 3.8) is 0 Å². The van der Waals surface area contributed by atoms with Crippen molar-refractivity contribution in [3.05, 3.63) is 23.2 Å². The topological polar surface area (TPSA) is 177 Å². The molecule has 1 aromatic rings. The van der Waals surface area contributed by atoms with Gasteiger partial charge in [-0.25, -0.2) is 16.8 Å². The fraction of sp³-hybridized carbons (Fsp3) is 0.400. The molecule has 0 bridgehead atoms. The fourth-order valence-corrected chi connectivity index (χ4v) is 6.47. The molecule has 23 heteroatoms. The summed E-state index contributed by atoms with van der Waals surface area (Å²) in [7, 11) is -28.7. The number of alkyl halides is 8. The largest absolute Gasteiger partial charge is 0.447 e. The Labute approximate surface area is 183 Å². The molecule has 0 atom stereocenters. The molecule has 0 heterocycles. The first kappa shape index (κ1) is 29.7. The highest BCUT2D eigenvalue weighted by Gasteiger charge is 2.75. The number of hydrogen-bond donors (Lipinski definition) is 2. The van der Waals surface area contributed by atoms with E-state index in [2.05, 4.69) is 0 Å². The third-order valence-electron chi connectivity index (χ3n) is 3.50. The summed E-state index contributed by atoms with van der Waals surface area (Å²) < 4.78 is 215. The Morgan fingerprint density at radius 3 is 1.27 bits per heavy atom. The third-order valence-corrected chi connectivity index (χ3v) is 9.67. The van der Waals surface area contributed by atoms with E-state index in [4.69, 9.17) is 20.7 Å². The molecule has 0 aliphatic rings. The van der Waals surface area contributed by atoms with Crippen molar-refractivity contribution >= 4 is 51.5 Å². The summed E-state index contributed by atoms with van der Waals surface area (Å²) in [5.41, 5.74) is 0. The second kappa shape index (κ2) is 7.84. The van der Waals surface area contributed by atoms with Crippen LogP contribution in [0.25, 0.3) is 0 Å². The van der Waals surface area contributed by atoms with Crippen LogP contribution in [0.2, 0.25) is 5.02 Å². The summed E-state index contributed by atoms with van der Waals surface area (Å²) in [6, 6.07) is -1.39. The van der Waals surface area contributed by atoms with E-state index in [9.17, 15) is 68.8 Å². The molecule has 192 valence electrons. The van der Waals surface area contributed by atoms with Crippen LogP contribution < -0.4 is 0 Å². The lowest BCUT2D eigenvalue weighted by Crippen LogP contribution is -2.52. The normalized spacial score (nSPS) is 15.5. The number of benzene rings is 1. The average Bonchev–Trinajstić information content (AvgIpc) is 2.59. The van der Waals surface area contributed by atoms with Gasteiger partial charge in [0.1, 0.15) is 0 Å². The molecule has 0 saturated heterocycles. The first-order valence-electron chi connectivity index (χ1n) is 6.86. The monoisotopic (exact) mass is 600 g/mol. The lowest BCUT2D eigenvalue weighted by atomic mass is 10.4. The molecule has 0 aromatic heterocycles. The van der Waals surface area contributed by atoms with Crippen molar-refractivity contribution in [1.82, 2.24) is 0 Å². The van der Waals surface area contributed by atoms with Gasteiger partial charge in [0.15, 0.2) is 0 Å². The molecule has 0 amide bonds. The van der Waals surface area contributed by atoms with Gasteiger partial charge in [-0.1, -0.05) is 11.6 Å². The predicted octanol–water partition coefficient (Wildman–Crippen LogP) is 2.03. The van der Waals surface area contributed by atoms with E-state index >= 15 is 0 Å². The van der Waals surface area contributed by atoms with Crippen molar-refractivity contribution in [2.45, 2.75) is 30.8 Å². The average molecular weight is 601 g/mol. The number of halogens is 9. The minimum Gasteiger partial charge on any atom is -0.281 e. The van der Waals surface area contributed by atoms with Crippen LogP contribution in [0.3, 0.4) is 0 Å². The van der Waals surface area contributed by atoms with E-state index in [1.165, 1.54) is 0 Å². The molecule has 2 N–H and O–H groups in total. The molecule has 10 nitrogen and oxygen atoms in total. The van der Waals surface area contributed by atoms with Gasteiger partial charge < -0.3 is 0 Å². The highest BCUT2D eigenvalue weighted by molar-refractivity contribution is 7.95. The molecule has 0 unspecified atom stereocenters. The van der Waals surface area contributed by atoms with Crippen LogP contribution in [0.15, 0.2) is 28.0 Å². The number of hydrogen-bond acceptors (Lipinski definition) is 8. The maximum Gasteiger partial charge on any atom is 0.447 e. The summed E-state index contributed by atoms with van der Waals surface area (Å²) in [5, 5.41) is -29.0. The fourth-order valence-electron chi connectivity index (χ4n) is 1.76. The van der Waals surface area contributed by atoms with Crippen molar-refractivity contribution in [2.24, 2.45) is 0 Å². The Morgan fingerprint density at radius 1 is 0.606 bits per heavy atom. The summed E-state index contributed by atoms with van der Waals surface area (Å²) in [4.78, 5) is -4.96. The van der Waals surface area contributed by atoms with Crippen LogP contribution in [0.4, 0.5) is 35.1 Å². The first-order chi connectivity index (χ1) is 14.1. The Balaban J connectivity index is 3.95. The lowest BCUT2D eigenvalue weighted by Gasteiger charge is -2.25. The highest BCUT2D eigenvalue weighted by atomic mass is 35.5. The zero-order chi connectivity index (χ0) is 26.9. The minimum absolute atomic E-state index is 0.190. The van der Waals surface area contributed by atoms with Crippen LogP contribution in [-0.2, 0) is 39.9 Å². The SMILES string of the molecule is O=S(=O)(O)C(F)(F)C(F)(F)S(=O)(=O)c1ccc(Cl)c(S(=O)(=O)C(F)(F)C(F)(F)S(=O)(=O)O)c1. The Kier molecular flexibility index (Phi) is 7.06. The number of rotatable bonds is 8. The van der Waals surface area contributed by atoms with Crippen molar-refractivity contribution in [2.75, 3.05) is 0 Å². The van der Waals surface area contributed by atoms with Crippen LogP contribution in [0.5, 0.6) is 0 Å². The molecule has 0 radical (unpaired) electrons. The van der Waals surface area contributed by atoms with Crippen LogP contribution in [0.1, 0.15) is 0 Å². The van der Waals surface area contributed by atoms with Gasteiger partial charge in [-0.05, 0) is 18.2 Å². The van der Waals surface area contributed by atoms with Gasteiger partial charge in [-0.15, -0.1) is 0 Å². The van der Waals surface area contributed by atoms with Gasteiger partial charge in [0.2, 0.25) is 0 Å². The second-order valence-electron chi connectivity index (χ2n) is 5.62. The van der Waals surface area contributed by atoms with Crippen molar-refractivity contribution < 1.29 is 77.9 Å². The van der Waals surface area contributed by atoms with Gasteiger partial charge in [-0.2, -0.15) is 52.0 Å². The molecule has 0 spiro atoms. The van der Waals surface area contributed by atoms with E-state index in [1.807, 2.05) is 0 Å². The highest BCUT2D eigenvalue weighted by Crippen LogP contribution is 2.48. The van der Waals surface area contributed by atoms with Gasteiger partial charge in [0.05, 0.1) is 14.8 Å². The summed E-state index contributed by atoms with van der Waals surface area (Å²) in [6.07, 6.45) is 0. The standard InChI is InChI=1S/C10H5ClF8O10S4/c11-5-2-1-4(30(20,21)7(12,13)9(16,17)32(24,25)26)3-6(5)31(22,23)8(14,15)10(18,19)33(27,28)29/h1-3H,(H,24,25,26)(H,27,28,29). The van der Waals surface area contributed by atoms with Crippen LogP contribution in [-0.4, -0.2) is 63.8 Å². The van der Waals surface area contributed by atoms with Gasteiger partial charge in [-0.3, -0.25) is 9.11 Å². The van der Waals surface area contributed by atoms with E-state index in [1.54, 1.807) is 0 Å². The molecule has 0 saturated carbocycles. The molecular weight excluding hydrogens is 596 g/mol. The predicted molar refractivity (Wildman–Crippen MR) is 88.7 cm³/mol. The maximum atomic E-state index is 13.9. The lowest BCUT2D eigenvalue weighted by molar-refractivity contribution is -0.101. The molecule has 0 aliphatic heterocycles. The summed E-state index contributed by atoms with van der Waals surface area (Å²) in [5.74, 6) is 0. The molecule has 1 rings (SSSR count). The van der Waals surface area contributed by atoms with Crippen LogP contribution in [0, 0.1) is 0 Å². The quantitative estimate of drug-likeness (QED) is 0.331. The Bertz CT molecular complexity index is 1400.